The normalized spacial score (nSPS) is 22.3. The van der Waals surface area contributed by atoms with Gasteiger partial charge < -0.3 is 10.6 Å². The molecule has 3 N–H and O–H groups in total. The Morgan fingerprint density at radius 1 is 1.26 bits per heavy atom. The van der Waals surface area contributed by atoms with Gasteiger partial charge in [-0.1, -0.05) is 49.1 Å². The minimum absolute atomic E-state index is 0.710. The van der Waals surface area contributed by atoms with Crippen LogP contribution in [0.5, 0.6) is 0 Å². The lowest BCUT2D eigenvalue weighted by Crippen LogP contribution is -2.46. The first-order valence-corrected chi connectivity index (χ1v) is 10.7. The van der Waals surface area contributed by atoms with Gasteiger partial charge in [0, 0.05) is 42.5 Å². The third-order valence-corrected chi connectivity index (χ3v) is 5.56. The highest BCUT2D eigenvalue weighted by Crippen LogP contribution is 2.28. The largest absolute Gasteiger partial charge is 0.385 e. The molecule has 0 radical (unpaired) electrons. The molecule has 1 aliphatic carbocycles. The van der Waals surface area contributed by atoms with Gasteiger partial charge in [-0.3, -0.25) is 10.1 Å². The number of nitrogens with zero attached hydrogens (tertiary/aromatic N) is 2. The Morgan fingerprint density at radius 3 is 2.87 bits per heavy atom. The summed E-state index contributed by atoms with van der Waals surface area (Å²) in [6.45, 7) is 11.5. The van der Waals surface area contributed by atoms with E-state index in [0.717, 1.165) is 64.7 Å². The van der Waals surface area contributed by atoms with E-state index in [1.807, 2.05) is 31.3 Å². The van der Waals surface area contributed by atoms with Crippen LogP contribution >= 0.6 is 0 Å². The van der Waals surface area contributed by atoms with Crippen LogP contribution in [0, 0.1) is 12.8 Å². The molecule has 0 aromatic carbocycles. The SMILES string of the molecule is C=C1\C=C/C(c2cn[nH]c2-c2cccc(C)n2)=C/C=C/C1=C/C(=C\C)NCC1CNC1. The monoisotopic (exact) mass is 411 g/mol. The highest BCUT2D eigenvalue weighted by Gasteiger charge is 2.16. The number of aromatic nitrogens is 3. The molecule has 1 saturated heterocycles. The fraction of sp³-hybridized carbons (Fsp3) is 0.231. The molecule has 0 unspecified atom stereocenters. The fourth-order valence-corrected chi connectivity index (χ4v) is 3.57. The summed E-state index contributed by atoms with van der Waals surface area (Å²) >= 11 is 0. The van der Waals surface area contributed by atoms with Crippen molar-refractivity contribution in [3.05, 3.63) is 102 Å². The molecule has 1 fully saturated rings. The zero-order chi connectivity index (χ0) is 21.6. The Hall–Kier alpha value is -3.44. The Labute approximate surface area is 184 Å². The van der Waals surface area contributed by atoms with Crippen molar-refractivity contribution < 1.29 is 0 Å². The molecular formula is C26H29N5. The minimum Gasteiger partial charge on any atom is -0.385 e. The lowest BCUT2D eigenvalue weighted by Gasteiger charge is -2.27. The topological polar surface area (TPSA) is 65.6 Å². The molecule has 0 amide bonds. The van der Waals surface area contributed by atoms with Gasteiger partial charge in [-0.05, 0) is 48.8 Å². The first kappa shape index (κ1) is 20.8. The Kier molecular flexibility index (Phi) is 6.43. The molecule has 2 aromatic heterocycles. The molecule has 0 bridgehead atoms. The van der Waals surface area contributed by atoms with Crippen molar-refractivity contribution in [1.29, 1.82) is 0 Å². The summed E-state index contributed by atoms with van der Waals surface area (Å²) in [4.78, 5) is 4.64. The minimum atomic E-state index is 0.710. The molecule has 0 spiro atoms. The predicted octanol–water partition coefficient (Wildman–Crippen LogP) is 4.48. The predicted molar refractivity (Wildman–Crippen MR) is 128 cm³/mol. The van der Waals surface area contributed by atoms with Crippen molar-refractivity contribution in [2.24, 2.45) is 5.92 Å². The van der Waals surface area contributed by atoms with Gasteiger partial charge >= 0.3 is 0 Å². The van der Waals surface area contributed by atoms with E-state index < -0.39 is 0 Å². The summed E-state index contributed by atoms with van der Waals surface area (Å²) in [5.41, 5.74) is 8.03. The average Bonchev–Trinajstić information content (AvgIpc) is 3.21. The van der Waals surface area contributed by atoms with Gasteiger partial charge in [0.1, 0.15) is 0 Å². The Bertz CT molecular complexity index is 1110. The number of aromatic amines is 1. The summed E-state index contributed by atoms with van der Waals surface area (Å²) in [7, 11) is 0. The van der Waals surface area contributed by atoms with Crippen LogP contribution in [-0.4, -0.2) is 34.8 Å². The third-order valence-electron chi connectivity index (χ3n) is 5.56. The maximum atomic E-state index is 4.64. The number of hydrogen-bond acceptors (Lipinski definition) is 4. The molecule has 2 aromatic rings. The van der Waals surface area contributed by atoms with E-state index >= 15 is 0 Å². The van der Waals surface area contributed by atoms with Crippen LogP contribution in [0.1, 0.15) is 18.2 Å². The Morgan fingerprint density at radius 2 is 2.13 bits per heavy atom. The van der Waals surface area contributed by atoms with Crippen molar-refractivity contribution in [1.82, 2.24) is 25.8 Å². The lowest BCUT2D eigenvalue weighted by atomic mass is 9.97. The van der Waals surface area contributed by atoms with E-state index in [4.69, 9.17) is 0 Å². The Balaban J connectivity index is 1.56. The molecule has 2 aliphatic rings. The van der Waals surface area contributed by atoms with E-state index in [0.29, 0.717) is 5.92 Å². The molecule has 31 heavy (non-hydrogen) atoms. The summed E-state index contributed by atoms with van der Waals surface area (Å²) in [6, 6.07) is 6.00. The third kappa shape index (κ3) is 5.01. The van der Waals surface area contributed by atoms with E-state index in [2.05, 4.69) is 81.8 Å². The number of hydrogen-bond donors (Lipinski definition) is 3. The van der Waals surface area contributed by atoms with Crippen LogP contribution in [0.4, 0.5) is 0 Å². The number of H-pyrrole nitrogens is 1. The van der Waals surface area contributed by atoms with Crippen molar-refractivity contribution in [2.45, 2.75) is 13.8 Å². The zero-order valence-electron chi connectivity index (χ0n) is 18.2. The van der Waals surface area contributed by atoms with Crippen LogP contribution in [0.15, 0.2) is 90.4 Å². The molecule has 0 saturated carbocycles. The molecule has 0 atom stereocenters. The van der Waals surface area contributed by atoms with Gasteiger partial charge in [-0.2, -0.15) is 5.10 Å². The lowest BCUT2D eigenvalue weighted by molar-refractivity contribution is 0.341. The summed E-state index contributed by atoms with van der Waals surface area (Å²) < 4.78 is 0. The van der Waals surface area contributed by atoms with Crippen LogP contribution in [0.2, 0.25) is 0 Å². The second-order valence-corrected chi connectivity index (χ2v) is 7.91. The second-order valence-electron chi connectivity index (χ2n) is 7.91. The number of allylic oxidation sites excluding steroid dienone is 10. The average molecular weight is 412 g/mol. The maximum Gasteiger partial charge on any atom is 0.0912 e. The molecule has 5 heteroatoms. The van der Waals surface area contributed by atoms with Gasteiger partial charge in [0.05, 0.1) is 17.6 Å². The van der Waals surface area contributed by atoms with Crippen molar-refractivity contribution in [3.8, 4) is 11.4 Å². The molecule has 1 aliphatic heterocycles. The summed E-state index contributed by atoms with van der Waals surface area (Å²) in [5.74, 6) is 0.710. The van der Waals surface area contributed by atoms with Gasteiger partial charge in [0.2, 0.25) is 0 Å². The smallest absolute Gasteiger partial charge is 0.0912 e. The first-order valence-electron chi connectivity index (χ1n) is 10.7. The molecule has 3 heterocycles. The summed E-state index contributed by atoms with van der Waals surface area (Å²) in [5, 5.41) is 14.2. The van der Waals surface area contributed by atoms with Gasteiger partial charge in [0.15, 0.2) is 0 Å². The van der Waals surface area contributed by atoms with Crippen LogP contribution < -0.4 is 10.6 Å². The van der Waals surface area contributed by atoms with Gasteiger partial charge in [-0.25, -0.2) is 0 Å². The van der Waals surface area contributed by atoms with Crippen molar-refractivity contribution >= 4 is 5.57 Å². The van der Waals surface area contributed by atoms with Crippen LogP contribution in [-0.2, 0) is 0 Å². The summed E-state index contributed by atoms with van der Waals surface area (Å²) in [6.07, 6.45) is 16.5. The van der Waals surface area contributed by atoms with Gasteiger partial charge in [0.25, 0.3) is 0 Å². The highest BCUT2D eigenvalue weighted by atomic mass is 15.1. The standard InChI is InChI=1S/C26H29N5/c1-4-23(28-16-20-14-27-15-20)13-22-9-6-8-21(12-11-18(22)2)24-17-29-31-26(24)25-10-5-7-19(3)30-25/h4-13,17,20,27-28H,2,14-16H2,1,3H3,(H,29,31)/b9-6+,12-11-,21-8-,22-13-,23-4+. The number of nitrogens with one attached hydrogen (secondary N) is 3. The van der Waals surface area contributed by atoms with Crippen molar-refractivity contribution in [3.63, 3.8) is 0 Å². The quantitative estimate of drug-likeness (QED) is 0.656. The highest BCUT2D eigenvalue weighted by molar-refractivity contribution is 5.84. The van der Waals surface area contributed by atoms with Gasteiger partial charge in [-0.15, -0.1) is 0 Å². The molecule has 5 nitrogen and oxygen atoms in total. The van der Waals surface area contributed by atoms with E-state index in [1.54, 1.807) is 0 Å². The molecular weight excluding hydrogens is 382 g/mol. The number of pyridine rings is 1. The molecule has 4 rings (SSSR count). The zero-order valence-corrected chi connectivity index (χ0v) is 18.2. The molecule has 158 valence electrons. The van der Waals surface area contributed by atoms with E-state index in [9.17, 15) is 0 Å². The van der Waals surface area contributed by atoms with Crippen LogP contribution in [0.25, 0.3) is 17.0 Å². The second kappa shape index (κ2) is 9.58. The van der Waals surface area contributed by atoms with E-state index in [1.165, 1.54) is 0 Å². The first-order chi connectivity index (χ1) is 15.1. The van der Waals surface area contributed by atoms with Crippen LogP contribution in [0.3, 0.4) is 0 Å². The maximum absolute atomic E-state index is 4.64. The van der Waals surface area contributed by atoms with Crippen molar-refractivity contribution in [2.75, 3.05) is 19.6 Å². The number of rotatable bonds is 6. The van der Waals surface area contributed by atoms with E-state index in [-0.39, 0.29) is 0 Å². The number of aryl methyl sites for hydroxylation is 1. The fourth-order valence-electron chi connectivity index (χ4n) is 3.57.